The summed E-state index contributed by atoms with van der Waals surface area (Å²) in [6.07, 6.45) is 1.69. The predicted octanol–water partition coefficient (Wildman–Crippen LogP) is 3.68. The van der Waals surface area contributed by atoms with Crippen molar-refractivity contribution in [2.24, 2.45) is 0 Å². The summed E-state index contributed by atoms with van der Waals surface area (Å²) in [7, 11) is 0. The lowest BCUT2D eigenvalue weighted by Crippen LogP contribution is -2.28. The molecule has 0 aliphatic carbocycles. The Morgan fingerprint density at radius 2 is 2.00 bits per heavy atom. The van der Waals surface area contributed by atoms with E-state index in [2.05, 4.69) is 10.3 Å². The topological polar surface area (TPSA) is 56.2 Å². The number of fused-ring (bicyclic) bond motifs is 1. The van der Waals surface area contributed by atoms with Crippen LogP contribution in [0.3, 0.4) is 0 Å². The maximum atomic E-state index is 12.5. The second kappa shape index (κ2) is 6.52. The minimum absolute atomic E-state index is 0.176. The Labute approximate surface area is 134 Å². The van der Waals surface area contributed by atoms with Crippen LogP contribution in [0, 0.1) is 0 Å². The molecule has 0 saturated carbocycles. The van der Waals surface area contributed by atoms with Gasteiger partial charge in [0.25, 0.3) is 0 Å². The van der Waals surface area contributed by atoms with E-state index in [1.54, 1.807) is 10.8 Å². The van der Waals surface area contributed by atoms with Crippen molar-refractivity contribution in [1.82, 2.24) is 14.9 Å². The zero-order valence-corrected chi connectivity index (χ0v) is 13.2. The van der Waals surface area contributed by atoms with E-state index in [0.29, 0.717) is 18.8 Å². The van der Waals surface area contributed by atoms with Gasteiger partial charge in [-0.05, 0) is 61.9 Å². The molecular weight excluding hydrogens is 290 g/mol. The third-order valence-electron chi connectivity index (χ3n) is 3.55. The van der Waals surface area contributed by atoms with Gasteiger partial charge in [0.15, 0.2) is 0 Å². The van der Waals surface area contributed by atoms with Gasteiger partial charge in [0.05, 0.1) is 12.3 Å². The molecule has 0 unspecified atom stereocenters. The first-order valence-electron chi connectivity index (χ1n) is 7.72. The molecule has 0 aliphatic rings. The van der Waals surface area contributed by atoms with E-state index < -0.39 is 0 Å². The number of ether oxygens (including phenoxy) is 1. The Morgan fingerprint density at radius 1 is 1.22 bits per heavy atom. The highest BCUT2D eigenvalue weighted by atomic mass is 16.5. The van der Waals surface area contributed by atoms with Crippen LogP contribution in [0.2, 0.25) is 0 Å². The molecule has 0 atom stereocenters. The van der Waals surface area contributed by atoms with Crippen molar-refractivity contribution in [3.05, 3.63) is 48.7 Å². The van der Waals surface area contributed by atoms with Gasteiger partial charge < -0.3 is 10.1 Å². The van der Waals surface area contributed by atoms with Gasteiger partial charge in [-0.1, -0.05) is 0 Å². The molecule has 118 valence electrons. The number of carbonyl (C=O) groups excluding carboxylic acids is 1. The first kappa shape index (κ1) is 15.1. The second-order valence-electron chi connectivity index (χ2n) is 5.07. The summed E-state index contributed by atoms with van der Waals surface area (Å²) in [5.41, 5.74) is 2.41. The standard InChI is InChI=1S/C18H19N3O2/c1-3-19-18(22)21-16(12-14-6-5-11-20-17(14)21)13-7-9-15(10-8-13)23-4-2/h5-12H,3-4H2,1-2H3,(H,19,22). The first-order chi connectivity index (χ1) is 11.2. The van der Waals surface area contributed by atoms with E-state index in [1.165, 1.54) is 0 Å². The summed E-state index contributed by atoms with van der Waals surface area (Å²) in [4.78, 5) is 16.8. The van der Waals surface area contributed by atoms with Gasteiger partial charge in [0.1, 0.15) is 11.4 Å². The predicted molar refractivity (Wildman–Crippen MR) is 90.8 cm³/mol. The number of rotatable bonds is 4. The first-order valence-corrected chi connectivity index (χ1v) is 7.72. The van der Waals surface area contributed by atoms with Crippen LogP contribution in [-0.2, 0) is 0 Å². The number of hydrogen-bond donors (Lipinski definition) is 1. The Balaban J connectivity index is 2.12. The highest BCUT2D eigenvalue weighted by molar-refractivity contribution is 5.96. The molecule has 2 heterocycles. The molecule has 0 bridgehead atoms. The highest BCUT2D eigenvalue weighted by Gasteiger charge is 2.16. The van der Waals surface area contributed by atoms with E-state index in [9.17, 15) is 4.79 Å². The Bertz CT molecular complexity index is 822. The summed E-state index contributed by atoms with van der Waals surface area (Å²) in [5, 5.41) is 3.77. The van der Waals surface area contributed by atoms with Crippen LogP contribution in [-0.4, -0.2) is 28.7 Å². The van der Waals surface area contributed by atoms with Gasteiger partial charge in [-0.3, -0.25) is 0 Å². The summed E-state index contributed by atoms with van der Waals surface area (Å²) in [5.74, 6) is 0.815. The Kier molecular flexibility index (Phi) is 4.28. The molecule has 5 heteroatoms. The van der Waals surface area contributed by atoms with Gasteiger partial charge in [0, 0.05) is 18.1 Å². The Morgan fingerprint density at radius 3 is 2.70 bits per heavy atom. The number of pyridine rings is 1. The Hall–Kier alpha value is -2.82. The van der Waals surface area contributed by atoms with Crippen LogP contribution in [0.15, 0.2) is 48.7 Å². The number of carbonyl (C=O) groups is 1. The van der Waals surface area contributed by atoms with Crippen LogP contribution >= 0.6 is 0 Å². The fourth-order valence-electron chi connectivity index (χ4n) is 2.57. The molecule has 0 aliphatic heterocycles. The molecule has 3 rings (SSSR count). The average molecular weight is 309 g/mol. The van der Waals surface area contributed by atoms with Gasteiger partial charge in [-0.15, -0.1) is 0 Å². The van der Waals surface area contributed by atoms with Crippen LogP contribution in [0.1, 0.15) is 13.8 Å². The minimum Gasteiger partial charge on any atom is -0.494 e. The fourth-order valence-corrected chi connectivity index (χ4v) is 2.57. The molecule has 3 aromatic rings. The van der Waals surface area contributed by atoms with Crippen molar-refractivity contribution < 1.29 is 9.53 Å². The SMILES string of the molecule is CCNC(=O)n1c(-c2ccc(OCC)cc2)cc2cccnc21. The van der Waals surface area contributed by atoms with Crippen molar-refractivity contribution in [2.45, 2.75) is 13.8 Å². The van der Waals surface area contributed by atoms with Crippen molar-refractivity contribution >= 4 is 17.1 Å². The maximum absolute atomic E-state index is 12.5. The van der Waals surface area contributed by atoms with Gasteiger partial charge in [0.2, 0.25) is 0 Å². The monoisotopic (exact) mass is 309 g/mol. The number of hydrogen-bond acceptors (Lipinski definition) is 3. The summed E-state index contributed by atoms with van der Waals surface area (Å²) >= 11 is 0. The normalized spacial score (nSPS) is 10.7. The highest BCUT2D eigenvalue weighted by Crippen LogP contribution is 2.28. The largest absolute Gasteiger partial charge is 0.494 e. The van der Waals surface area contributed by atoms with Crippen molar-refractivity contribution in [2.75, 3.05) is 13.2 Å². The average Bonchev–Trinajstić information content (AvgIpc) is 2.95. The lowest BCUT2D eigenvalue weighted by atomic mass is 10.1. The lowest BCUT2D eigenvalue weighted by molar-refractivity contribution is 0.244. The van der Waals surface area contributed by atoms with E-state index in [0.717, 1.165) is 22.4 Å². The number of aromatic nitrogens is 2. The van der Waals surface area contributed by atoms with Crippen LogP contribution < -0.4 is 10.1 Å². The molecule has 5 nitrogen and oxygen atoms in total. The van der Waals surface area contributed by atoms with Gasteiger partial charge >= 0.3 is 6.03 Å². The number of nitrogens with one attached hydrogen (secondary N) is 1. The number of amides is 1. The van der Waals surface area contributed by atoms with E-state index in [4.69, 9.17) is 4.74 Å². The summed E-state index contributed by atoms with van der Waals surface area (Å²) in [6, 6.07) is 13.3. The van der Waals surface area contributed by atoms with Crippen LogP contribution in [0.25, 0.3) is 22.3 Å². The zero-order chi connectivity index (χ0) is 16.2. The molecule has 0 fully saturated rings. The third-order valence-corrected chi connectivity index (χ3v) is 3.55. The number of benzene rings is 1. The molecule has 1 N–H and O–H groups in total. The molecule has 2 aromatic heterocycles. The lowest BCUT2D eigenvalue weighted by Gasteiger charge is -2.10. The quantitative estimate of drug-likeness (QED) is 0.800. The zero-order valence-electron chi connectivity index (χ0n) is 13.2. The fraction of sp³-hybridized carbons (Fsp3) is 0.222. The van der Waals surface area contributed by atoms with Crippen molar-refractivity contribution in [1.29, 1.82) is 0 Å². The van der Waals surface area contributed by atoms with Crippen molar-refractivity contribution in [3.8, 4) is 17.0 Å². The van der Waals surface area contributed by atoms with Gasteiger partial charge in [-0.2, -0.15) is 0 Å². The molecule has 1 amide bonds. The summed E-state index contributed by atoms with van der Waals surface area (Å²) < 4.78 is 7.09. The van der Waals surface area contributed by atoms with Crippen molar-refractivity contribution in [3.63, 3.8) is 0 Å². The molecule has 1 aromatic carbocycles. The van der Waals surface area contributed by atoms with E-state index in [1.807, 2.05) is 56.3 Å². The van der Waals surface area contributed by atoms with E-state index in [-0.39, 0.29) is 6.03 Å². The maximum Gasteiger partial charge on any atom is 0.327 e. The molecular formula is C18H19N3O2. The molecule has 0 radical (unpaired) electrons. The molecule has 0 spiro atoms. The summed E-state index contributed by atoms with van der Waals surface area (Å²) in [6.45, 7) is 5.04. The molecule has 23 heavy (non-hydrogen) atoms. The second-order valence-corrected chi connectivity index (χ2v) is 5.07. The van der Waals surface area contributed by atoms with Gasteiger partial charge in [-0.25, -0.2) is 14.3 Å². The smallest absolute Gasteiger partial charge is 0.327 e. The van der Waals surface area contributed by atoms with Crippen LogP contribution in [0.4, 0.5) is 4.79 Å². The minimum atomic E-state index is -0.176. The number of nitrogens with zero attached hydrogens (tertiary/aromatic N) is 2. The van der Waals surface area contributed by atoms with E-state index >= 15 is 0 Å². The third kappa shape index (κ3) is 2.90. The molecule has 0 saturated heterocycles. The van der Waals surface area contributed by atoms with Crippen LogP contribution in [0.5, 0.6) is 5.75 Å².